The lowest BCUT2D eigenvalue weighted by atomic mass is 9.93. The quantitative estimate of drug-likeness (QED) is 0.674. The Morgan fingerprint density at radius 1 is 1.30 bits per heavy atom. The molecular weight excluding hydrogens is 382 g/mol. The molecule has 156 valence electrons. The first-order valence-electron chi connectivity index (χ1n) is 10.2. The molecule has 2 aliphatic rings. The Bertz CT molecular complexity index is 1020. The topological polar surface area (TPSA) is 117 Å². The number of aromatic nitrogens is 1. The first-order valence-corrected chi connectivity index (χ1v) is 10.2. The third-order valence-corrected chi connectivity index (χ3v) is 5.80. The second kappa shape index (κ2) is 8.14. The number of nitrogen functional groups attached to an aromatic ring is 1. The fourth-order valence-electron chi connectivity index (χ4n) is 4.15. The third-order valence-electron chi connectivity index (χ3n) is 5.80. The molecule has 0 bridgehead atoms. The van der Waals surface area contributed by atoms with Crippen LogP contribution >= 0.6 is 0 Å². The van der Waals surface area contributed by atoms with Crippen LogP contribution in [-0.2, 0) is 22.6 Å². The maximum absolute atomic E-state index is 13.0. The van der Waals surface area contributed by atoms with E-state index >= 15 is 0 Å². The number of anilines is 2. The van der Waals surface area contributed by atoms with Crippen molar-refractivity contribution >= 4 is 29.2 Å². The highest BCUT2D eigenvalue weighted by Gasteiger charge is 2.33. The summed E-state index contributed by atoms with van der Waals surface area (Å²) in [5.74, 6) is -0.964. The molecule has 3 heterocycles. The molecule has 0 radical (unpaired) electrons. The van der Waals surface area contributed by atoms with E-state index in [9.17, 15) is 14.4 Å². The minimum Gasteiger partial charge on any atom is -0.383 e. The molecule has 1 aromatic heterocycles. The summed E-state index contributed by atoms with van der Waals surface area (Å²) in [6.07, 6.45) is 4.68. The molecule has 1 aromatic carbocycles. The first kappa shape index (κ1) is 19.9. The lowest BCUT2D eigenvalue weighted by Gasteiger charge is -2.35. The summed E-state index contributed by atoms with van der Waals surface area (Å²) in [5, 5.41) is 5.46. The van der Waals surface area contributed by atoms with E-state index in [0.29, 0.717) is 36.6 Å². The zero-order valence-corrected chi connectivity index (χ0v) is 16.9. The number of amides is 3. The summed E-state index contributed by atoms with van der Waals surface area (Å²) in [7, 11) is 0. The molecule has 1 fully saturated rings. The van der Waals surface area contributed by atoms with Crippen molar-refractivity contribution in [3.05, 3.63) is 52.7 Å². The number of pyridine rings is 1. The molecule has 0 unspecified atom stereocenters. The van der Waals surface area contributed by atoms with Gasteiger partial charge in [-0.15, -0.1) is 0 Å². The van der Waals surface area contributed by atoms with Crippen LogP contribution in [0.3, 0.4) is 0 Å². The van der Waals surface area contributed by atoms with Crippen LogP contribution in [0.1, 0.15) is 59.3 Å². The van der Waals surface area contributed by atoms with Crippen LogP contribution in [0.25, 0.3) is 0 Å². The SMILES string of the molecule is CCc1cc(NC(=O)C(=O)N2CCCC[C@H]2c2ccc3c(c2)C(=O)NC3)cnc1N. The minimum atomic E-state index is -0.700. The summed E-state index contributed by atoms with van der Waals surface area (Å²) in [4.78, 5) is 43.4. The van der Waals surface area contributed by atoms with Crippen molar-refractivity contribution in [1.29, 1.82) is 0 Å². The van der Waals surface area contributed by atoms with Crippen molar-refractivity contribution in [3.63, 3.8) is 0 Å². The Kier molecular flexibility index (Phi) is 5.39. The summed E-state index contributed by atoms with van der Waals surface area (Å²) >= 11 is 0. The third kappa shape index (κ3) is 3.72. The smallest absolute Gasteiger partial charge is 0.313 e. The molecule has 2 aromatic rings. The van der Waals surface area contributed by atoms with Gasteiger partial charge < -0.3 is 21.3 Å². The number of piperidine rings is 1. The molecule has 1 saturated heterocycles. The Labute approximate surface area is 174 Å². The molecule has 3 amide bonds. The normalized spacial score (nSPS) is 18.0. The molecule has 0 saturated carbocycles. The van der Waals surface area contributed by atoms with Crippen molar-refractivity contribution in [3.8, 4) is 0 Å². The number of aryl methyl sites for hydroxylation is 1. The molecule has 1 atom stereocenters. The maximum atomic E-state index is 13.0. The monoisotopic (exact) mass is 407 g/mol. The predicted molar refractivity (Wildman–Crippen MR) is 113 cm³/mol. The first-order chi connectivity index (χ1) is 14.5. The molecule has 30 heavy (non-hydrogen) atoms. The predicted octanol–water partition coefficient (Wildman–Crippen LogP) is 2.16. The fraction of sp³-hybridized carbons (Fsp3) is 0.364. The van der Waals surface area contributed by atoms with E-state index < -0.39 is 11.8 Å². The highest BCUT2D eigenvalue weighted by molar-refractivity contribution is 6.39. The van der Waals surface area contributed by atoms with Gasteiger partial charge in [0.25, 0.3) is 5.91 Å². The van der Waals surface area contributed by atoms with Crippen molar-refractivity contribution in [2.24, 2.45) is 0 Å². The number of rotatable bonds is 3. The number of hydrogen-bond acceptors (Lipinski definition) is 5. The van der Waals surface area contributed by atoms with E-state index in [2.05, 4.69) is 15.6 Å². The van der Waals surface area contributed by atoms with Crippen LogP contribution in [-0.4, -0.2) is 34.2 Å². The van der Waals surface area contributed by atoms with Gasteiger partial charge in [0, 0.05) is 18.7 Å². The average Bonchev–Trinajstić information content (AvgIpc) is 3.14. The van der Waals surface area contributed by atoms with Crippen molar-refractivity contribution in [1.82, 2.24) is 15.2 Å². The highest BCUT2D eigenvalue weighted by Crippen LogP contribution is 2.33. The number of likely N-dealkylation sites (tertiary alicyclic amines) is 1. The van der Waals surface area contributed by atoms with Gasteiger partial charge in [-0.05, 0) is 54.5 Å². The second-order valence-electron chi connectivity index (χ2n) is 7.69. The standard InChI is InChI=1S/C22H25N5O3/c1-2-13-9-16(12-24-19(13)23)26-21(29)22(30)27-8-4-3-5-18(27)14-6-7-15-11-25-20(28)17(15)10-14/h6-7,9-10,12,18H,2-5,8,11H2,1H3,(H2,23,24)(H,25,28)(H,26,29)/t18-/m0/s1. The molecule has 0 spiro atoms. The van der Waals surface area contributed by atoms with Crippen molar-refractivity contribution < 1.29 is 14.4 Å². The van der Waals surface area contributed by atoms with Crippen LogP contribution in [0.2, 0.25) is 0 Å². The number of nitrogens with one attached hydrogen (secondary N) is 2. The lowest BCUT2D eigenvalue weighted by molar-refractivity contribution is -0.145. The lowest BCUT2D eigenvalue weighted by Crippen LogP contribution is -2.44. The molecule has 2 aliphatic heterocycles. The van der Waals surface area contributed by atoms with E-state index in [4.69, 9.17) is 5.73 Å². The molecular formula is C22H25N5O3. The zero-order chi connectivity index (χ0) is 21.3. The number of nitrogens with zero attached hydrogens (tertiary/aromatic N) is 2. The Balaban J connectivity index is 1.54. The second-order valence-corrected chi connectivity index (χ2v) is 7.69. The number of carbonyl (C=O) groups is 3. The van der Waals surface area contributed by atoms with Gasteiger partial charge in [-0.2, -0.15) is 0 Å². The van der Waals surface area contributed by atoms with Gasteiger partial charge in [0.15, 0.2) is 0 Å². The average molecular weight is 407 g/mol. The van der Waals surface area contributed by atoms with Crippen LogP contribution < -0.4 is 16.4 Å². The van der Waals surface area contributed by atoms with Crippen molar-refractivity contribution in [2.45, 2.75) is 45.2 Å². The Hall–Kier alpha value is -3.42. The number of hydrogen-bond donors (Lipinski definition) is 3. The molecule has 4 N–H and O–H groups in total. The van der Waals surface area contributed by atoms with Gasteiger partial charge in [0.2, 0.25) is 0 Å². The zero-order valence-electron chi connectivity index (χ0n) is 16.9. The van der Waals surface area contributed by atoms with Crippen LogP contribution in [0, 0.1) is 0 Å². The molecule has 8 nitrogen and oxygen atoms in total. The van der Waals surface area contributed by atoms with Gasteiger partial charge in [-0.25, -0.2) is 4.98 Å². The van der Waals surface area contributed by atoms with Crippen LogP contribution in [0.5, 0.6) is 0 Å². The largest absolute Gasteiger partial charge is 0.383 e. The van der Waals surface area contributed by atoms with Crippen LogP contribution in [0.15, 0.2) is 30.5 Å². The van der Waals surface area contributed by atoms with E-state index in [0.717, 1.165) is 36.0 Å². The molecule has 4 rings (SSSR count). The number of fused-ring (bicyclic) bond motifs is 1. The van der Waals surface area contributed by atoms with Gasteiger partial charge in [-0.1, -0.05) is 19.1 Å². The number of nitrogens with two attached hydrogens (primary N) is 1. The highest BCUT2D eigenvalue weighted by atomic mass is 16.2. The van der Waals surface area contributed by atoms with Crippen molar-refractivity contribution in [2.75, 3.05) is 17.6 Å². The van der Waals surface area contributed by atoms with Crippen LogP contribution in [0.4, 0.5) is 11.5 Å². The van der Waals surface area contributed by atoms with Gasteiger partial charge >= 0.3 is 11.8 Å². The summed E-state index contributed by atoms with van der Waals surface area (Å²) < 4.78 is 0. The van der Waals surface area contributed by atoms with E-state index in [1.807, 2.05) is 25.1 Å². The van der Waals surface area contributed by atoms with Gasteiger partial charge in [0.1, 0.15) is 5.82 Å². The van der Waals surface area contributed by atoms with Gasteiger partial charge in [0.05, 0.1) is 17.9 Å². The fourth-order valence-corrected chi connectivity index (χ4v) is 4.15. The summed E-state index contributed by atoms with van der Waals surface area (Å²) in [6, 6.07) is 7.23. The van der Waals surface area contributed by atoms with E-state index in [-0.39, 0.29) is 11.9 Å². The van der Waals surface area contributed by atoms with E-state index in [1.54, 1.807) is 11.0 Å². The number of carbonyl (C=O) groups excluding carboxylic acids is 3. The molecule has 0 aliphatic carbocycles. The molecule has 8 heteroatoms. The van der Waals surface area contributed by atoms with Gasteiger partial charge in [-0.3, -0.25) is 14.4 Å². The Morgan fingerprint density at radius 2 is 2.13 bits per heavy atom. The Morgan fingerprint density at radius 3 is 2.93 bits per heavy atom. The summed E-state index contributed by atoms with van der Waals surface area (Å²) in [6.45, 7) is 2.97. The summed E-state index contributed by atoms with van der Waals surface area (Å²) in [5.41, 5.74) is 9.56. The number of benzene rings is 1. The maximum Gasteiger partial charge on any atom is 0.313 e. The van der Waals surface area contributed by atoms with E-state index in [1.165, 1.54) is 6.20 Å². The minimum absolute atomic E-state index is 0.0964.